The van der Waals surface area contributed by atoms with Crippen molar-refractivity contribution in [3.05, 3.63) is 52.1 Å². The van der Waals surface area contributed by atoms with Gasteiger partial charge in [0, 0.05) is 17.0 Å². The highest BCUT2D eigenvalue weighted by Gasteiger charge is 2.33. The van der Waals surface area contributed by atoms with Gasteiger partial charge in [-0.25, -0.2) is 0 Å². The van der Waals surface area contributed by atoms with Crippen LogP contribution in [0.5, 0.6) is 17.2 Å². The molecule has 3 heteroatoms. The average molecular weight is 367 g/mol. The van der Waals surface area contributed by atoms with Crippen LogP contribution < -0.4 is 9.47 Å². The molecule has 144 valence electrons. The molecule has 0 saturated carbocycles. The molecule has 0 amide bonds. The van der Waals surface area contributed by atoms with Crippen molar-refractivity contribution < 1.29 is 14.6 Å². The molecule has 1 unspecified atom stereocenters. The summed E-state index contributed by atoms with van der Waals surface area (Å²) in [5, 5.41) is 10.6. The summed E-state index contributed by atoms with van der Waals surface area (Å²) in [6.07, 6.45) is 4.98. The van der Waals surface area contributed by atoms with E-state index in [4.69, 9.17) is 9.47 Å². The standard InChI is InChI=1S/C24H30O3/c1-5-6-16-7-8-18(21(25)12-16)17-13-20-15(2)11-22-19(23(20)26-14-17)9-10-24(3,4)27-22/h7-8,11-12,17,25H,5-6,9-10,13-14H2,1-4H3. The lowest BCUT2D eigenvalue weighted by atomic mass is 9.84. The molecular formula is C24H30O3. The normalized spacial score (nSPS) is 20.2. The molecule has 2 aromatic carbocycles. The molecule has 0 aromatic heterocycles. The van der Waals surface area contributed by atoms with Gasteiger partial charge in [0.25, 0.3) is 0 Å². The molecule has 0 fully saturated rings. The number of fused-ring (bicyclic) bond motifs is 3. The number of hydrogen-bond donors (Lipinski definition) is 1. The van der Waals surface area contributed by atoms with Crippen molar-refractivity contribution in [3.8, 4) is 17.2 Å². The third kappa shape index (κ3) is 3.40. The van der Waals surface area contributed by atoms with Crippen LogP contribution in [0.3, 0.4) is 0 Å². The number of benzene rings is 2. The lowest BCUT2D eigenvalue weighted by Gasteiger charge is -2.36. The Labute approximate surface area is 162 Å². The minimum Gasteiger partial charge on any atom is -0.508 e. The first-order valence-corrected chi connectivity index (χ1v) is 10.2. The van der Waals surface area contributed by atoms with Gasteiger partial charge in [-0.15, -0.1) is 0 Å². The van der Waals surface area contributed by atoms with E-state index < -0.39 is 0 Å². The molecule has 27 heavy (non-hydrogen) atoms. The number of phenolic OH excluding ortho intramolecular Hbond substituents is 1. The summed E-state index contributed by atoms with van der Waals surface area (Å²) in [7, 11) is 0. The highest BCUT2D eigenvalue weighted by molar-refractivity contribution is 5.57. The van der Waals surface area contributed by atoms with Crippen molar-refractivity contribution in [2.45, 2.75) is 71.3 Å². The van der Waals surface area contributed by atoms with E-state index in [-0.39, 0.29) is 11.5 Å². The van der Waals surface area contributed by atoms with Gasteiger partial charge in [0.2, 0.25) is 0 Å². The van der Waals surface area contributed by atoms with E-state index in [1.54, 1.807) is 0 Å². The van der Waals surface area contributed by atoms with Gasteiger partial charge < -0.3 is 14.6 Å². The van der Waals surface area contributed by atoms with Crippen LogP contribution in [-0.4, -0.2) is 17.3 Å². The van der Waals surface area contributed by atoms with Crippen molar-refractivity contribution in [1.29, 1.82) is 0 Å². The number of rotatable bonds is 3. The topological polar surface area (TPSA) is 38.7 Å². The van der Waals surface area contributed by atoms with E-state index in [2.05, 4.69) is 45.9 Å². The predicted molar refractivity (Wildman–Crippen MR) is 108 cm³/mol. The lowest BCUT2D eigenvalue weighted by Crippen LogP contribution is -2.33. The van der Waals surface area contributed by atoms with E-state index in [1.165, 1.54) is 22.3 Å². The minimum absolute atomic E-state index is 0.114. The van der Waals surface area contributed by atoms with Crippen LogP contribution in [0.4, 0.5) is 0 Å². The van der Waals surface area contributed by atoms with E-state index in [1.807, 2.05) is 6.07 Å². The minimum atomic E-state index is -0.114. The zero-order valence-corrected chi connectivity index (χ0v) is 16.9. The first kappa shape index (κ1) is 18.2. The van der Waals surface area contributed by atoms with Gasteiger partial charge in [-0.05, 0) is 75.3 Å². The second-order valence-corrected chi connectivity index (χ2v) is 8.69. The van der Waals surface area contributed by atoms with Crippen molar-refractivity contribution in [1.82, 2.24) is 0 Å². The Bertz CT molecular complexity index is 866. The number of aryl methyl sites for hydroxylation is 2. The van der Waals surface area contributed by atoms with Gasteiger partial charge in [0.05, 0.1) is 6.61 Å². The van der Waals surface area contributed by atoms with Crippen molar-refractivity contribution in [2.75, 3.05) is 6.61 Å². The molecule has 0 saturated heterocycles. The molecule has 0 bridgehead atoms. The molecule has 3 nitrogen and oxygen atoms in total. The zero-order valence-electron chi connectivity index (χ0n) is 16.9. The van der Waals surface area contributed by atoms with Crippen molar-refractivity contribution in [3.63, 3.8) is 0 Å². The SMILES string of the molecule is CCCc1ccc(C2COc3c(c(C)cc4c3CCC(C)(C)O4)C2)c(O)c1. The molecule has 0 radical (unpaired) electrons. The van der Waals surface area contributed by atoms with E-state index in [0.29, 0.717) is 12.4 Å². The Hall–Kier alpha value is -2.16. The van der Waals surface area contributed by atoms with Crippen LogP contribution in [0.2, 0.25) is 0 Å². The number of aromatic hydroxyl groups is 1. The molecule has 2 aliphatic rings. The summed E-state index contributed by atoms with van der Waals surface area (Å²) in [6.45, 7) is 9.19. The Morgan fingerprint density at radius 3 is 2.74 bits per heavy atom. The van der Waals surface area contributed by atoms with Gasteiger partial charge in [-0.2, -0.15) is 0 Å². The number of hydrogen-bond acceptors (Lipinski definition) is 3. The fourth-order valence-corrected chi connectivity index (χ4v) is 4.44. The van der Waals surface area contributed by atoms with Gasteiger partial charge in [0.15, 0.2) is 0 Å². The first-order chi connectivity index (χ1) is 12.9. The van der Waals surface area contributed by atoms with Crippen LogP contribution >= 0.6 is 0 Å². The van der Waals surface area contributed by atoms with E-state index in [9.17, 15) is 5.11 Å². The summed E-state index contributed by atoms with van der Waals surface area (Å²) in [5.41, 5.74) is 5.78. The molecule has 4 rings (SSSR count). The molecule has 2 aliphatic heterocycles. The second-order valence-electron chi connectivity index (χ2n) is 8.69. The molecule has 0 aliphatic carbocycles. The fourth-order valence-electron chi connectivity index (χ4n) is 4.44. The molecule has 2 heterocycles. The van der Waals surface area contributed by atoms with Gasteiger partial charge in [-0.1, -0.05) is 25.5 Å². The van der Waals surface area contributed by atoms with Crippen LogP contribution in [0, 0.1) is 6.92 Å². The molecule has 2 aromatic rings. The smallest absolute Gasteiger partial charge is 0.129 e. The van der Waals surface area contributed by atoms with Crippen LogP contribution in [0.1, 0.15) is 67.3 Å². The maximum Gasteiger partial charge on any atom is 0.129 e. The summed E-state index contributed by atoms with van der Waals surface area (Å²) in [6, 6.07) is 8.32. The third-order valence-electron chi connectivity index (χ3n) is 5.99. The zero-order chi connectivity index (χ0) is 19.2. The molecular weight excluding hydrogens is 336 g/mol. The Morgan fingerprint density at radius 2 is 2.00 bits per heavy atom. The number of phenols is 1. The largest absolute Gasteiger partial charge is 0.508 e. The third-order valence-corrected chi connectivity index (χ3v) is 5.99. The second kappa shape index (κ2) is 6.78. The molecule has 1 N–H and O–H groups in total. The predicted octanol–water partition coefficient (Wildman–Crippen LogP) is 5.48. The summed E-state index contributed by atoms with van der Waals surface area (Å²) < 4.78 is 12.5. The van der Waals surface area contributed by atoms with Gasteiger partial charge >= 0.3 is 0 Å². The summed E-state index contributed by atoms with van der Waals surface area (Å²) in [4.78, 5) is 0. The van der Waals surface area contributed by atoms with Crippen LogP contribution in [0.15, 0.2) is 24.3 Å². The Kier molecular flexibility index (Phi) is 4.57. The lowest BCUT2D eigenvalue weighted by molar-refractivity contribution is 0.0825. The monoisotopic (exact) mass is 366 g/mol. The molecule has 0 spiro atoms. The van der Waals surface area contributed by atoms with Crippen LogP contribution in [0.25, 0.3) is 0 Å². The van der Waals surface area contributed by atoms with E-state index in [0.717, 1.165) is 49.2 Å². The highest BCUT2D eigenvalue weighted by Crippen LogP contribution is 2.46. The first-order valence-electron chi connectivity index (χ1n) is 10.2. The van der Waals surface area contributed by atoms with Crippen molar-refractivity contribution in [2.24, 2.45) is 0 Å². The van der Waals surface area contributed by atoms with Crippen LogP contribution in [-0.2, 0) is 19.3 Å². The van der Waals surface area contributed by atoms with Crippen molar-refractivity contribution >= 4 is 0 Å². The van der Waals surface area contributed by atoms with E-state index >= 15 is 0 Å². The highest BCUT2D eigenvalue weighted by atomic mass is 16.5. The Balaban J connectivity index is 1.65. The number of ether oxygens (including phenoxy) is 2. The summed E-state index contributed by atoms with van der Waals surface area (Å²) >= 11 is 0. The molecule has 1 atom stereocenters. The maximum atomic E-state index is 10.6. The maximum absolute atomic E-state index is 10.6. The van der Waals surface area contributed by atoms with Gasteiger partial charge in [-0.3, -0.25) is 0 Å². The summed E-state index contributed by atoms with van der Waals surface area (Å²) in [5.74, 6) is 2.59. The van der Waals surface area contributed by atoms with Gasteiger partial charge in [0.1, 0.15) is 22.8 Å². The average Bonchev–Trinajstić information content (AvgIpc) is 2.61. The fraction of sp³-hybridized carbons (Fsp3) is 0.500. The Morgan fingerprint density at radius 1 is 1.19 bits per heavy atom. The quantitative estimate of drug-likeness (QED) is 0.782.